The largest absolute Gasteiger partial charge is 0.469 e. The molecule has 2 atom stereocenters. The molecule has 0 aliphatic heterocycles. The summed E-state index contributed by atoms with van der Waals surface area (Å²) < 4.78 is 5.46. The highest BCUT2D eigenvalue weighted by Gasteiger charge is 2.22. The van der Waals surface area contributed by atoms with Crippen LogP contribution in [0.15, 0.2) is 16.7 Å². The molecule has 1 aromatic rings. The van der Waals surface area contributed by atoms with E-state index in [0.717, 1.165) is 25.1 Å². The number of nitrogens with one attached hydrogen (secondary N) is 1. The van der Waals surface area contributed by atoms with E-state index >= 15 is 0 Å². The molecule has 3 nitrogen and oxygen atoms in total. The van der Waals surface area contributed by atoms with Gasteiger partial charge in [0.25, 0.3) is 0 Å². The van der Waals surface area contributed by atoms with Crippen molar-refractivity contribution in [1.29, 1.82) is 0 Å². The second-order valence-electron chi connectivity index (χ2n) is 4.77. The van der Waals surface area contributed by atoms with Gasteiger partial charge >= 0.3 is 0 Å². The molecule has 0 aromatic carbocycles. The van der Waals surface area contributed by atoms with Gasteiger partial charge in [0.15, 0.2) is 0 Å². The molecule has 1 aromatic heterocycles. The maximum atomic E-state index is 8.86. The summed E-state index contributed by atoms with van der Waals surface area (Å²) in [5.74, 6) is 1.68. The molecule has 90 valence electrons. The van der Waals surface area contributed by atoms with E-state index in [1.54, 1.807) is 6.26 Å². The van der Waals surface area contributed by atoms with Crippen molar-refractivity contribution in [3.8, 4) is 0 Å². The summed E-state index contributed by atoms with van der Waals surface area (Å²) in [7, 11) is 0. The fraction of sp³-hybridized carbons (Fsp3) is 0.692. The minimum atomic E-state index is 0.282. The van der Waals surface area contributed by atoms with Crippen molar-refractivity contribution in [3.63, 3.8) is 0 Å². The summed E-state index contributed by atoms with van der Waals surface area (Å²) in [6, 6.07) is 2.53. The predicted octanol–water partition coefficient (Wildman–Crippen LogP) is 2.27. The second kappa shape index (κ2) is 5.51. The maximum absolute atomic E-state index is 8.86. The van der Waals surface area contributed by atoms with Crippen LogP contribution in [0, 0.1) is 5.92 Å². The Morgan fingerprint density at radius 3 is 3.31 bits per heavy atom. The highest BCUT2D eigenvalue weighted by atomic mass is 16.3. The number of aliphatic hydroxyl groups excluding tert-OH is 1. The van der Waals surface area contributed by atoms with Crippen LogP contribution in [0.2, 0.25) is 0 Å². The Morgan fingerprint density at radius 1 is 1.62 bits per heavy atom. The molecule has 0 saturated heterocycles. The predicted molar refractivity (Wildman–Crippen MR) is 63.3 cm³/mol. The van der Waals surface area contributed by atoms with Crippen molar-refractivity contribution in [2.45, 2.75) is 38.6 Å². The third-order valence-corrected chi connectivity index (χ3v) is 3.39. The number of hydrogen-bond donors (Lipinski definition) is 2. The van der Waals surface area contributed by atoms with Crippen LogP contribution in [0.3, 0.4) is 0 Å². The normalized spacial score (nSPS) is 21.8. The molecular weight excluding hydrogens is 202 g/mol. The van der Waals surface area contributed by atoms with Crippen LogP contribution < -0.4 is 5.32 Å². The monoisotopic (exact) mass is 223 g/mol. The van der Waals surface area contributed by atoms with E-state index < -0.39 is 0 Å². The summed E-state index contributed by atoms with van der Waals surface area (Å²) in [6.07, 6.45) is 6.14. The lowest BCUT2D eigenvalue weighted by molar-refractivity contribution is 0.256. The molecule has 2 unspecified atom stereocenters. The lowest BCUT2D eigenvalue weighted by Crippen LogP contribution is -2.28. The molecule has 0 spiro atoms. The summed E-state index contributed by atoms with van der Waals surface area (Å²) in [5.41, 5.74) is 1.34. The quantitative estimate of drug-likeness (QED) is 0.805. The third kappa shape index (κ3) is 2.66. The SMILES string of the molecule is CC(CCO)CNC1CCCc2occc21. The van der Waals surface area contributed by atoms with Crippen LogP contribution in [0.5, 0.6) is 0 Å². The third-order valence-electron chi connectivity index (χ3n) is 3.39. The number of hydrogen-bond acceptors (Lipinski definition) is 3. The molecule has 16 heavy (non-hydrogen) atoms. The fourth-order valence-corrected chi connectivity index (χ4v) is 2.36. The van der Waals surface area contributed by atoms with Crippen molar-refractivity contribution in [3.05, 3.63) is 23.7 Å². The van der Waals surface area contributed by atoms with Gasteiger partial charge in [-0.2, -0.15) is 0 Å². The van der Waals surface area contributed by atoms with Crippen LogP contribution in [-0.4, -0.2) is 18.3 Å². The fourth-order valence-electron chi connectivity index (χ4n) is 2.36. The van der Waals surface area contributed by atoms with E-state index in [-0.39, 0.29) is 6.61 Å². The van der Waals surface area contributed by atoms with Crippen molar-refractivity contribution in [2.75, 3.05) is 13.2 Å². The Balaban J connectivity index is 1.88. The molecule has 1 aliphatic carbocycles. The molecule has 0 saturated carbocycles. The van der Waals surface area contributed by atoms with E-state index in [1.807, 2.05) is 0 Å². The summed E-state index contributed by atoms with van der Waals surface area (Å²) in [5, 5.41) is 12.4. The van der Waals surface area contributed by atoms with Gasteiger partial charge in [0.05, 0.1) is 6.26 Å². The van der Waals surface area contributed by atoms with E-state index in [9.17, 15) is 0 Å². The van der Waals surface area contributed by atoms with Crippen molar-refractivity contribution in [2.24, 2.45) is 5.92 Å². The van der Waals surface area contributed by atoms with E-state index in [2.05, 4.69) is 18.3 Å². The molecule has 1 heterocycles. The van der Waals surface area contributed by atoms with Crippen LogP contribution in [-0.2, 0) is 6.42 Å². The van der Waals surface area contributed by atoms with E-state index in [4.69, 9.17) is 9.52 Å². The number of furan rings is 1. The highest BCUT2D eigenvalue weighted by molar-refractivity contribution is 5.23. The van der Waals surface area contributed by atoms with Crippen molar-refractivity contribution in [1.82, 2.24) is 5.32 Å². The summed E-state index contributed by atoms with van der Waals surface area (Å²) >= 11 is 0. The Bertz CT molecular complexity index is 321. The van der Waals surface area contributed by atoms with Crippen molar-refractivity contribution >= 4 is 0 Å². The first-order valence-electron chi connectivity index (χ1n) is 6.21. The number of fused-ring (bicyclic) bond motifs is 1. The minimum absolute atomic E-state index is 0.282. The first-order chi connectivity index (χ1) is 7.81. The first-order valence-corrected chi connectivity index (χ1v) is 6.21. The molecule has 0 fully saturated rings. The first kappa shape index (κ1) is 11.7. The topological polar surface area (TPSA) is 45.4 Å². The van der Waals surface area contributed by atoms with Gasteiger partial charge < -0.3 is 14.8 Å². The van der Waals surface area contributed by atoms with Crippen LogP contribution in [0.4, 0.5) is 0 Å². The number of aliphatic hydroxyl groups is 1. The maximum Gasteiger partial charge on any atom is 0.108 e. The molecule has 3 heteroatoms. The molecule has 2 rings (SSSR count). The molecule has 0 radical (unpaired) electrons. The van der Waals surface area contributed by atoms with E-state index in [1.165, 1.54) is 18.4 Å². The van der Waals surface area contributed by atoms with Gasteiger partial charge in [-0.25, -0.2) is 0 Å². The highest BCUT2D eigenvalue weighted by Crippen LogP contribution is 2.30. The molecular formula is C13H21NO2. The molecule has 1 aliphatic rings. The van der Waals surface area contributed by atoms with Crippen LogP contribution in [0.1, 0.15) is 43.6 Å². The summed E-state index contributed by atoms with van der Waals surface area (Å²) in [6.45, 7) is 3.42. The van der Waals surface area contributed by atoms with Crippen LogP contribution in [0.25, 0.3) is 0 Å². The van der Waals surface area contributed by atoms with Gasteiger partial charge in [-0.15, -0.1) is 0 Å². The van der Waals surface area contributed by atoms with Gasteiger partial charge in [0, 0.05) is 24.6 Å². The zero-order chi connectivity index (χ0) is 11.4. The molecule has 0 bridgehead atoms. The number of aryl methyl sites for hydroxylation is 1. The zero-order valence-electron chi connectivity index (χ0n) is 9.91. The second-order valence-corrected chi connectivity index (χ2v) is 4.77. The Morgan fingerprint density at radius 2 is 2.50 bits per heavy atom. The van der Waals surface area contributed by atoms with Gasteiger partial charge in [-0.05, 0) is 37.8 Å². The van der Waals surface area contributed by atoms with Crippen LogP contribution >= 0.6 is 0 Å². The Kier molecular flexibility index (Phi) is 4.02. The molecule has 0 amide bonds. The van der Waals surface area contributed by atoms with E-state index in [0.29, 0.717) is 12.0 Å². The van der Waals surface area contributed by atoms with Gasteiger partial charge in [0.2, 0.25) is 0 Å². The Labute approximate surface area is 96.8 Å². The average Bonchev–Trinajstić information content (AvgIpc) is 2.75. The standard InChI is InChI=1S/C13H21NO2/c1-10(5-7-15)9-14-12-3-2-4-13-11(12)6-8-16-13/h6,8,10,12,14-15H,2-5,7,9H2,1H3. The smallest absolute Gasteiger partial charge is 0.108 e. The van der Waals surface area contributed by atoms with Crippen molar-refractivity contribution < 1.29 is 9.52 Å². The van der Waals surface area contributed by atoms with Gasteiger partial charge in [0.1, 0.15) is 5.76 Å². The average molecular weight is 223 g/mol. The summed E-state index contributed by atoms with van der Waals surface area (Å²) in [4.78, 5) is 0. The van der Waals surface area contributed by atoms with Gasteiger partial charge in [-0.3, -0.25) is 0 Å². The lowest BCUT2D eigenvalue weighted by Gasteiger charge is -2.24. The number of rotatable bonds is 5. The minimum Gasteiger partial charge on any atom is -0.469 e. The Hall–Kier alpha value is -0.800. The lowest BCUT2D eigenvalue weighted by atomic mass is 9.93. The molecule has 2 N–H and O–H groups in total. The zero-order valence-corrected chi connectivity index (χ0v) is 9.91. The van der Waals surface area contributed by atoms with Gasteiger partial charge in [-0.1, -0.05) is 6.92 Å².